The van der Waals surface area contributed by atoms with Gasteiger partial charge in [-0.3, -0.25) is 0 Å². The molecule has 0 fully saturated rings. The summed E-state index contributed by atoms with van der Waals surface area (Å²) in [5.41, 5.74) is 2.03. The standard InChI is InChI=1S/C14H19FN2OS/c1-10-3-4-11-9-12(15)5-6-13(11)17(10)14(19)16-7-8-18-2/h5-6,9-10H,3-4,7-8H2,1-2H3,(H,16,19)/t10-/m1/s1. The molecule has 104 valence electrons. The van der Waals surface area contributed by atoms with Gasteiger partial charge in [-0.25, -0.2) is 4.39 Å². The second-order valence-corrected chi connectivity index (χ2v) is 5.14. The van der Waals surface area contributed by atoms with Gasteiger partial charge in [0.1, 0.15) is 5.82 Å². The highest BCUT2D eigenvalue weighted by Gasteiger charge is 2.26. The largest absolute Gasteiger partial charge is 0.383 e. The smallest absolute Gasteiger partial charge is 0.173 e. The molecular formula is C14H19FN2OS. The molecular weight excluding hydrogens is 263 g/mol. The van der Waals surface area contributed by atoms with Crippen molar-refractivity contribution in [2.45, 2.75) is 25.8 Å². The van der Waals surface area contributed by atoms with E-state index in [9.17, 15) is 4.39 Å². The van der Waals surface area contributed by atoms with Crippen LogP contribution < -0.4 is 10.2 Å². The van der Waals surface area contributed by atoms with Crippen molar-refractivity contribution in [3.05, 3.63) is 29.6 Å². The first-order chi connectivity index (χ1) is 9.13. The molecule has 1 N–H and O–H groups in total. The Balaban J connectivity index is 2.18. The van der Waals surface area contributed by atoms with E-state index in [0.717, 1.165) is 24.1 Å². The summed E-state index contributed by atoms with van der Waals surface area (Å²) in [5, 5.41) is 3.86. The number of benzene rings is 1. The number of rotatable bonds is 3. The fourth-order valence-corrected chi connectivity index (χ4v) is 2.76. The quantitative estimate of drug-likeness (QED) is 0.680. The topological polar surface area (TPSA) is 24.5 Å². The Morgan fingerprint density at radius 2 is 2.37 bits per heavy atom. The summed E-state index contributed by atoms with van der Waals surface area (Å²) in [4.78, 5) is 2.07. The molecule has 0 bridgehead atoms. The summed E-state index contributed by atoms with van der Waals surface area (Å²) in [5.74, 6) is -0.188. The van der Waals surface area contributed by atoms with Gasteiger partial charge in [-0.2, -0.15) is 0 Å². The van der Waals surface area contributed by atoms with Crippen LogP contribution >= 0.6 is 12.2 Å². The molecule has 0 saturated heterocycles. The average Bonchev–Trinajstić information content (AvgIpc) is 2.39. The number of thiocarbonyl (C=S) groups is 1. The second-order valence-electron chi connectivity index (χ2n) is 4.76. The van der Waals surface area contributed by atoms with Crippen LogP contribution in [0.3, 0.4) is 0 Å². The van der Waals surface area contributed by atoms with Gasteiger partial charge in [0.05, 0.1) is 6.61 Å². The number of anilines is 1. The van der Waals surface area contributed by atoms with Crippen LogP contribution in [0.2, 0.25) is 0 Å². The maximum Gasteiger partial charge on any atom is 0.173 e. The van der Waals surface area contributed by atoms with Gasteiger partial charge in [-0.05, 0) is 55.7 Å². The summed E-state index contributed by atoms with van der Waals surface area (Å²) in [6, 6.07) is 5.22. The van der Waals surface area contributed by atoms with Crippen LogP contribution in [0.25, 0.3) is 0 Å². The highest BCUT2D eigenvalue weighted by molar-refractivity contribution is 7.80. The van der Waals surface area contributed by atoms with Gasteiger partial charge in [-0.15, -0.1) is 0 Å². The third-order valence-electron chi connectivity index (χ3n) is 3.37. The molecule has 0 spiro atoms. The number of halogens is 1. The third-order valence-corrected chi connectivity index (χ3v) is 3.72. The first-order valence-corrected chi connectivity index (χ1v) is 6.88. The molecule has 19 heavy (non-hydrogen) atoms. The lowest BCUT2D eigenvalue weighted by Crippen LogP contribution is -2.48. The minimum absolute atomic E-state index is 0.188. The molecule has 5 heteroatoms. The van der Waals surface area contributed by atoms with Crippen LogP contribution in [-0.2, 0) is 11.2 Å². The summed E-state index contributed by atoms with van der Waals surface area (Å²) in [7, 11) is 1.66. The first-order valence-electron chi connectivity index (χ1n) is 6.48. The number of hydrogen-bond donors (Lipinski definition) is 1. The van der Waals surface area contributed by atoms with Gasteiger partial charge in [0, 0.05) is 25.4 Å². The van der Waals surface area contributed by atoms with Crippen molar-refractivity contribution < 1.29 is 9.13 Å². The maximum absolute atomic E-state index is 13.3. The van der Waals surface area contributed by atoms with Crippen LogP contribution in [0.4, 0.5) is 10.1 Å². The zero-order chi connectivity index (χ0) is 13.8. The predicted octanol–water partition coefficient (Wildman–Crippen LogP) is 2.49. The molecule has 0 unspecified atom stereocenters. The number of nitrogens with one attached hydrogen (secondary N) is 1. The lowest BCUT2D eigenvalue weighted by Gasteiger charge is -2.37. The first kappa shape index (κ1) is 14.2. The average molecular weight is 282 g/mol. The van der Waals surface area contributed by atoms with Gasteiger partial charge in [-0.1, -0.05) is 0 Å². The zero-order valence-corrected chi connectivity index (χ0v) is 12.1. The fourth-order valence-electron chi connectivity index (χ4n) is 2.38. The van der Waals surface area contributed by atoms with Gasteiger partial charge >= 0.3 is 0 Å². The molecule has 0 saturated carbocycles. The minimum Gasteiger partial charge on any atom is -0.383 e. The number of fused-ring (bicyclic) bond motifs is 1. The Morgan fingerprint density at radius 3 is 3.11 bits per heavy atom. The molecule has 1 aromatic rings. The predicted molar refractivity (Wildman–Crippen MR) is 79.1 cm³/mol. The Kier molecular flexibility index (Phi) is 4.71. The highest BCUT2D eigenvalue weighted by Crippen LogP contribution is 2.31. The third kappa shape index (κ3) is 3.22. The molecule has 0 radical (unpaired) electrons. The highest BCUT2D eigenvalue weighted by atomic mass is 32.1. The summed E-state index contributed by atoms with van der Waals surface area (Å²) >= 11 is 5.44. The van der Waals surface area contributed by atoms with Crippen LogP contribution in [0.1, 0.15) is 18.9 Å². The molecule has 1 aliphatic rings. The number of methoxy groups -OCH3 is 1. The van der Waals surface area contributed by atoms with Crippen molar-refractivity contribution in [1.82, 2.24) is 5.32 Å². The number of nitrogens with zero attached hydrogens (tertiary/aromatic N) is 1. The lowest BCUT2D eigenvalue weighted by molar-refractivity contribution is 0.204. The number of hydrogen-bond acceptors (Lipinski definition) is 2. The van der Waals surface area contributed by atoms with Crippen LogP contribution in [0, 0.1) is 5.82 Å². The Hall–Kier alpha value is -1.20. The van der Waals surface area contributed by atoms with E-state index in [4.69, 9.17) is 17.0 Å². The summed E-state index contributed by atoms with van der Waals surface area (Å²) < 4.78 is 18.3. The van der Waals surface area contributed by atoms with Crippen molar-refractivity contribution in [3.8, 4) is 0 Å². The summed E-state index contributed by atoms with van der Waals surface area (Å²) in [6.45, 7) is 3.42. The van der Waals surface area contributed by atoms with Crippen molar-refractivity contribution in [1.29, 1.82) is 0 Å². The molecule has 1 atom stereocenters. The monoisotopic (exact) mass is 282 g/mol. The fraction of sp³-hybridized carbons (Fsp3) is 0.500. The second kappa shape index (κ2) is 6.30. The Labute approximate surface area is 118 Å². The van der Waals surface area contributed by atoms with E-state index in [1.165, 1.54) is 6.07 Å². The van der Waals surface area contributed by atoms with Crippen molar-refractivity contribution >= 4 is 23.0 Å². The van der Waals surface area contributed by atoms with E-state index < -0.39 is 0 Å². The molecule has 0 aliphatic carbocycles. The normalized spacial score (nSPS) is 18.1. The molecule has 3 nitrogen and oxygen atoms in total. The summed E-state index contributed by atoms with van der Waals surface area (Å²) in [6.07, 6.45) is 1.87. The van der Waals surface area contributed by atoms with Gasteiger partial charge in [0.25, 0.3) is 0 Å². The minimum atomic E-state index is -0.188. The van der Waals surface area contributed by atoms with E-state index >= 15 is 0 Å². The van der Waals surface area contributed by atoms with Gasteiger partial charge in [0.2, 0.25) is 0 Å². The lowest BCUT2D eigenvalue weighted by atomic mass is 9.97. The van der Waals surface area contributed by atoms with Crippen molar-refractivity contribution in [2.24, 2.45) is 0 Å². The number of aryl methyl sites for hydroxylation is 1. The van der Waals surface area contributed by atoms with E-state index in [2.05, 4.69) is 17.1 Å². The van der Waals surface area contributed by atoms with Crippen molar-refractivity contribution in [3.63, 3.8) is 0 Å². The zero-order valence-electron chi connectivity index (χ0n) is 11.3. The van der Waals surface area contributed by atoms with Gasteiger partial charge in [0.15, 0.2) is 5.11 Å². The van der Waals surface area contributed by atoms with E-state index in [0.29, 0.717) is 24.3 Å². The maximum atomic E-state index is 13.3. The molecule has 2 rings (SSSR count). The van der Waals surface area contributed by atoms with E-state index in [1.54, 1.807) is 13.2 Å². The van der Waals surface area contributed by atoms with Crippen LogP contribution in [0.15, 0.2) is 18.2 Å². The van der Waals surface area contributed by atoms with E-state index in [-0.39, 0.29) is 5.82 Å². The molecule has 0 aromatic heterocycles. The molecule has 1 aromatic carbocycles. The van der Waals surface area contributed by atoms with Crippen molar-refractivity contribution in [2.75, 3.05) is 25.2 Å². The molecule has 1 aliphatic heterocycles. The Morgan fingerprint density at radius 1 is 1.58 bits per heavy atom. The van der Waals surface area contributed by atoms with Crippen LogP contribution in [-0.4, -0.2) is 31.4 Å². The van der Waals surface area contributed by atoms with Gasteiger partial charge < -0.3 is 15.0 Å². The number of ether oxygens (including phenoxy) is 1. The molecule has 0 amide bonds. The van der Waals surface area contributed by atoms with E-state index in [1.807, 2.05) is 6.07 Å². The van der Waals surface area contributed by atoms with Crippen LogP contribution in [0.5, 0.6) is 0 Å². The SMILES string of the molecule is COCCNC(=S)N1c2ccc(F)cc2CC[C@H]1C. The Bertz CT molecular complexity index is 467. The molecule has 1 heterocycles.